The summed E-state index contributed by atoms with van der Waals surface area (Å²) in [7, 11) is -2.31. The molecule has 0 unspecified atom stereocenters. The van der Waals surface area contributed by atoms with Crippen LogP contribution in [0.4, 0.5) is 5.95 Å². The average Bonchev–Trinajstić information content (AvgIpc) is 3.13. The van der Waals surface area contributed by atoms with Gasteiger partial charge in [-0.05, 0) is 13.0 Å². The van der Waals surface area contributed by atoms with Crippen molar-refractivity contribution in [3.63, 3.8) is 0 Å². The lowest BCUT2D eigenvalue weighted by atomic mass is 10.2. The topological polar surface area (TPSA) is 143 Å². The maximum Gasteiger partial charge on any atom is 0.257 e. The van der Waals surface area contributed by atoms with Crippen LogP contribution in [-0.2, 0) is 21.2 Å². The number of pyridine rings is 1. The first-order valence-corrected chi connectivity index (χ1v) is 12.1. The van der Waals surface area contributed by atoms with Crippen LogP contribution in [0.5, 0.6) is 11.6 Å². The minimum absolute atomic E-state index is 0.0546. The van der Waals surface area contributed by atoms with Crippen molar-refractivity contribution in [3.8, 4) is 23.0 Å². The Hall–Kier alpha value is -3.03. The lowest BCUT2D eigenvalue weighted by Crippen LogP contribution is -2.26. The third kappa shape index (κ3) is 5.15. The highest BCUT2D eigenvalue weighted by Crippen LogP contribution is 2.40. The summed E-state index contributed by atoms with van der Waals surface area (Å²) in [4.78, 5) is 12.2. The molecule has 0 radical (unpaired) electrons. The van der Waals surface area contributed by atoms with Crippen molar-refractivity contribution in [2.45, 2.75) is 19.4 Å². The largest absolute Gasteiger partial charge is 0.485 e. The molecule has 0 spiro atoms. The highest BCUT2D eigenvalue weighted by Gasteiger charge is 2.31. The van der Waals surface area contributed by atoms with Gasteiger partial charge in [0, 0.05) is 31.6 Å². The zero-order valence-corrected chi connectivity index (χ0v) is 19.5. The first kappa shape index (κ1) is 23.1. The maximum atomic E-state index is 12.8. The Morgan fingerprint density at radius 3 is 2.79 bits per heavy atom. The summed E-state index contributed by atoms with van der Waals surface area (Å²) in [5.74, 6) is 1.27. The van der Waals surface area contributed by atoms with Crippen LogP contribution in [-0.4, -0.2) is 70.8 Å². The second-order valence-electron chi connectivity index (χ2n) is 7.03. The molecule has 0 amide bonds. The van der Waals surface area contributed by atoms with E-state index in [1.165, 1.54) is 19.5 Å². The lowest BCUT2D eigenvalue weighted by Gasteiger charge is -2.19. The SMILES string of the molecule is CCOC[C@@H]1COc2c(ccnc2OC)-c2nnc(NS(=O)(=O)CCc3ncc(Cl)cn3)n21. The van der Waals surface area contributed by atoms with E-state index in [0.717, 1.165) is 0 Å². The molecule has 3 aromatic rings. The van der Waals surface area contributed by atoms with Crippen molar-refractivity contribution in [2.24, 2.45) is 0 Å². The zero-order valence-electron chi connectivity index (χ0n) is 17.9. The van der Waals surface area contributed by atoms with E-state index in [9.17, 15) is 8.42 Å². The molecule has 1 atom stereocenters. The van der Waals surface area contributed by atoms with Gasteiger partial charge in [-0.25, -0.2) is 23.4 Å². The normalized spacial score (nSPS) is 15.2. The number of nitrogens with one attached hydrogen (secondary N) is 1. The molecule has 12 nitrogen and oxygen atoms in total. The summed E-state index contributed by atoms with van der Waals surface area (Å²) in [6.45, 7) is 2.79. The summed E-state index contributed by atoms with van der Waals surface area (Å²) in [6.07, 6.45) is 4.49. The summed E-state index contributed by atoms with van der Waals surface area (Å²) < 4.78 is 46.7. The fraction of sp³-hybridized carbons (Fsp3) is 0.421. The van der Waals surface area contributed by atoms with Gasteiger partial charge in [-0.1, -0.05) is 11.6 Å². The van der Waals surface area contributed by atoms with Crippen molar-refractivity contribution < 1.29 is 22.6 Å². The lowest BCUT2D eigenvalue weighted by molar-refractivity contribution is 0.0930. The Labute approximate surface area is 195 Å². The van der Waals surface area contributed by atoms with Crippen LogP contribution in [0.1, 0.15) is 18.8 Å². The summed E-state index contributed by atoms with van der Waals surface area (Å²) in [5, 5.41) is 8.71. The van der Waals surface area contributed by atoms with E-state index in [4.69, 9.17) is 25.8 Å². The number of aromatic nitrogens is 6. The minimum Gasteiger partial charge on any atom is -0.485 e. The molecule has 0 saturated carbocycles. The predicted molar refractivity (Wildman–Crippen MR) is 119 cm³/mol. The van der Waals surface area contributed by atoms with Gasteiger partial charge >= 0.3 is 0 Å². The summed E-state index contributed by atoms with van der Waals surface area (Å²) >= 11 is 5.78. The molecule has 176 valence electrons. The number of fused-ring (bicyclic) bond motifs is 3. The molecular formula is C19H22ClN7O5S. The molecule has 0 fully saturated rings. The van der Waals surface area contributed by atoms with Gasteiger partial charge in [0.25, 0.3) is 5.88 Å². The van der Waals surface area contributed by atoms with E-state index in [2.05, 4.69) is 29.9 Å². The van der Waals surface area contributed by atoms with Gasteiger partial charge in [0.15, 0.2) is 11.6 Å². The van der Waals surface area contributed by atoms with Crippen molar-refractivity contribution in [2.75, 3.05) is 37.4 Å². The monoisotopic (exact) mass is 495 g/mol. The fourth-order valence-corrected chi connectivity index (χ4v) is 4.36. The Balaban J connectivity index is 1.64. The highest BCUT2D eigenvalue weighted by molar-refractivity contribution is 7.92. The molecular weight excluding hydrogens is 474 g/mol. The number of halogens is 1. The first-order valence-electron chi connectivity index (χ1n) is 10.1. The van der Waals surface area contributed by atoms with Crippen LogP contribution in [0.2, 0.25) is 5.02 Å². The predicted octanol–water partition coefficient (Wildman–Crippen LogP) is 1.75. The van der Waals surface area contributed by atoms with Crippen molar-refractivity contribution in [1.82, 2.24) is 29.7 Å². The maximum absolute atomic E-state index is 12.8. The molecule has 0 aromatic carbocycles. The Morgan fingerprint density at radius 2 is 2.06 bits per heavy atom. The quantitative estimate of drug-likeness (QED) is 0.466. The van der Waals surface area contributed by atoms with Gasteiger partial charge in [-0.15, -0.1) is 10.2 Å². The van der Waals surface area contributed by atoms with E-state index in [1.54, 1.807) is 16.8 Å². The van der Waals surface area contributed by atoms with Gasteiger partial charge in [-0.3, -0.25) is 9.29 Å². The third-order valence-corrected chi connectivity index (χ3v) is 6.25. The highest BCUT2D eigenvalue weighted by atomic mass is 35.5. The second-order valence-corrected chi connectivity index (χ2v) is 9.31. The number of hydrogen-bond donors (Lipinski definition) is 1. The van der Waals surface area contributed by atoms with E-state index in [-0.39, 0.29) is 31.3 Å². The van der Waals surface area contributed by atoms with Crippen LogP contribution in [0.15, 0.2) is 24.7 Å². The molecule has 4 rings (SSSR count). The Kier molecular flexibility index (Phi) is 6.91. The fourth-order valence-electron chi connectivity index (χ4n) is 3.29. The molecule has 0 saturated heterocycles. The molecule has 0 aliphatic carbocycles. The molecule has 1 aliphatic heterocycles. The number of sulfonamides is 1. The van der Waals surface area contributed by atoms with Gasteiger partial charge in [0.2, 0.25) is 16.0 Å². The van der Waals surface area contributed by atoms with Crippen LogP contribution < -0.4 is 14.2 Å². The number of ether oxygens (including phenoxy) is 3. The van der Waals surface area contributed by atoms with E-state index >= 15 is 0 Å². The second kappa shape index (κ2) is 9.85. The number of methoxy groups -OCH3 is 1. The van der Waals surface area contributed by atoms with Crippen molar-refractivity contribution in [3.05, 3.63) is 35.5 Å². The molecule has 1 N–H and O–H groups in total. The standard InChI is InChI=1S/C19H22ClN7O5S/c1-3-31-10-13-11-32-16-14(4-6-21-18(16)30-2)17-24-25-19(27(13)17)26-33(28,29)7-5-15-22-8-12(20)9-23-15/h4,6,8-9,13H,3,5,7,10-11H2,1-2H3,(H,25,26)/t13-/m1/s1. The van der Waals surface area contributed by atoms with Crippen molar-refractivity contribution >= 4 is 27.6 Å². The smallest absolute Gasteiger partial charge is 0.257 e. The number of anilines is 1. The molecule has 14 heteroatoms. The molecule has 4 heterocycles. The summed E-state index contributed by atoms with van der Waals surface area (Å²) in [5.41, 5.74) is 0.577. The van der Waals surface area contributed by atoms with Crippen LogP contribution >= 0.6 is 11.6 Å². The van der Waals surface area contributed by atoms with Crippen LogP contribution in [0.3, 0.4) is 0 Å². The Bertz CT molecular complexity index is 1220. The number of hydrogen-bond acceptors (Lipinski definition) is 10. The van der Waals surface area contributed by atoms with E-state index in [1.807, 2.05) is 6.92 Å². The minimum atomic E-state index is -3.80. The molecule has 3 aromatic heterocycles. The number of aryl methyl sites for hydroxylation is 1. The zero-order chi connectivity index (χ0) is 23.4. The van der Waals surface area contributed by atoms with Gasteiger partial charge < -0.3 is 14.2 Å². The van der Waals surface area contributed by atoms with E-state index in [0.29, 0.717) is 40.5 Å². The molecule has 33 heavy (non-hydrogen) atoms. The van der Waals surface area contributed by atoms with Crippen molar-refractivity contribution in [1.29, 1.82) is 0 Å². The molecule has 0 bridgehead atoms. The van der Waals surface area contributed by atoms with Crippen LogP contribution in [0, 0.1) is 0 Å². The third-order valence-electron chi connectivity index (χ3n) is 4.82. The number of rotatable bonds is 9. The first-order chi connectivity index (χ1) is 15.9. The number of nitrogens with zero attached hydrogens (tertiary/aromatic N) is 6. The van der Waals surface area contributed by atoms with Gasteiger partial charge in [-0.2, -0.15) is 0 Å². The Morgan fingerprint density at radius 1 is 1.27 bits per heavy atom. The summed E-state index contributed by atoms with van der Waals surface area (Å²) in [6, 6.07) is 1.31. The van der Waals surface area contributed by atoms with Crippen LogP contribution in [0.25, 0.3) is 11.4 Å². The average molecular weight is 496 g/mol. The van der Waals surface area contributed by atoms with Gasteiger partial charge in [0.05, 0.1) is 36.1 Å². The molecule has 1 aliphatic rings. The van der Waals surface area contributed by atoms with E-state index < -0.39 is 16.1 Å². The van der Waals surface area contributed by atoms with Gasteiger partial charge in [0.1, 0.15) is 12.4 Å².